The van der Waals surface area contributed by atoms with E-state index in [2.05, 4.69) is 6.58 Å². The summed E-state index contributed by atoms with van der Waals surface area (Å²) < 4.78 is 0. The molecule has 0 aromatic heterocycles. The molecule has 0 spiro atoms. The monoisotopic (exact) mass is 186 g/mol. The van der Waals surface area contributed by atoms with E-state index in [1.807, 2.05) is 0 Å². The third-order valence-electron chi connectivity index (χ3n) is 1.55. The van der Waals surface area contributed by atoms with Crippen LogP contribution in [0.1, 0.15) is 20.3 Å². The maximum Gasteiger partial charge on any atom is 0.0981 e. The highest BCUT2D eigenvalue weighted by Crippen LogP contribution is 2.08. The number of aliphatic hydroxyl groups is 3. The molecule has 3 N–H and O–H groups in total. The van der Waals surface area contributed by atoms with E-state index in [1.165, 1.54) is 0 Å². The van der Waals surface area contributed by atoms with Crippen molar-refractivity contribution < 1.29 is 15.3 Å². The van der Waals surface area contributed by atoms with Gasteiger partial charge in [-0.3, -0.25) is 0 Å². The van der Waals surface area contributed by atoms with Crippen LogP contribution in [-0.4, -0.2) is 33.6 Å². The molecular formula is C10H18O3. The second-order valence-electron chi connectivity index (χ2n) is 3.62. The van der Waals surface area contributed by atoms with Gasteiger partial charge in [-0.05, 0) is 25.8 Å². The molecule has 0 aliphatic heterocycles. The lowest BCUT2D eigenvalue weighted by Gasteiger charge is -2.11. The topological polar surface area (TPSA) is 60.7 Å². The maximum atomic E-state index is 9.30. The Bertz CT molecular complexity index is 189. The molecule has 0 aromatic rings. The maximum absolute atomic E-state index is 9.30. The predicted octanol–water partition coefficient (Wildman–Crippen LogP) is 0.613. The van der Waals surface area contributed by atoms with Crippen molar-refractivity contribution in [1.29, 1.82) is 0 Å². The molecule has 0 amide bonds. The van der Waals surface area contributed by atoms with E-state index < -0.39 is 11.7 Å². The molecule has 0 heterocycles. The average molecular weight is 186 g/mol. The van der Waals surface area contributed by atoms with E-state index in [4.69, 9.17) is 10.2 Å². The van der Waals surface area contributed by atoms with E-state index >= 15 is 0 Å². The zero-order valence-corrected chi connectivity index (χ0v) is 8.20. The number of rotatable bonds is 5. The first kappa shape index (κ1) is 12.4. The fourth-order valence-corrected chi connectivity index (χ4v) is 0.764. The standard InChI is InChI=1S/C10H18O3/c1-8(9(12)7-11)5-4-6-10(2,3)13/h4,6,9,11-13H,1,5,7H2,2-3H3/b6-4+. The van der Waals surface area contributed by atoms with Crippen molar-refractivity contribution in [2.24, 2.45) is 0 Å². The Morgan fingerprint density at radius 2 is 2.08 bits per heavy atom. The molecule has 0 fully saturated rings. The summed E-state index contributed by atoms with van der Waals surface area (Å²) in [4.78, 5) is 0. The van der Waals surface area contributed by atoms with E-state index in [1.54, 1.807) is 26.0 Å². The van der Waals surface area contributed by atoms with E-state index in [0.29, 0.717) is 12.0 Å². The molecule has 3 heteroatoms. The van der Waals surface area contributed by atoms with Gasteiger partial charge in [0.15, 0.2) is 0 Å². The van der Waals surface area contributed by atoms with Gasteiger partial charge in [-0.15, -0.1) is 0 Å². The minimum atomic E-state index is -0.869. The molecule has 1 unspecified atom stereocenters. The first-order chi connectivity index (χ1) is 5.87. The van der Waals surface area contributed by atoms with Crippen LogP contribution in [0, 0.1) is 0 Å². The summed E-state index contributed by atoms with van der Waals surface area (Å²) in [5.41, 5.74) is -0.298. The van der Waals surface area contributed by atoms with Crippen LogP contribution in [0.3, 0.4) is 0 Å². The predicted molar refractivity (Wildman–Crippen MR) is 52.3 cm³/mol. The fraction of sp³-hybridized carbons (Fsp3) is 0.600. The number of allylic oxidation sites excluding steroid dienone is 1. The van der Waals surface area contributed by atoms with Crippen LogP contribution in [0.4, 0.5) is 0 Å². The first-order valence-corrected chi connectivity index (χ1v) is 4.23. The molecule has 13 heavy (non-hydrogen) atoms. The lowest BCUT2D eigenvalue weighted by atomic mass is 10.1. The van der Waals surface area contributed by atoms with Gasteiger partial charge in [0.25, 0.3) is 0 Å². The summed E-state index contributed by atoms with van der Waals surface area (Å²) in [5.74, 6) is 0. The molecule has 0 rings (SSSR count). The summed E-state index contributed by atoms with van der Waals surface area (Å²) in [6.07, 6.45) is 2.95. The molecule has 0 radical (unpaired) electrons. The van der Waals surface area contributed by atoms with Gasteiger partial charge in [0.2, 0.25) is 0 Å². The van der Waals surface area contributed by atoms with Crippen LogP contribution >= 0.6 is 0 Å². The van der Waals surface area contributed by atoms with Gasteiger partial charge in [0.1, 0.15) is 0 Å². The third-order valence-corrected chi connectivity index (χ3v) is 1.55. The Labute approximate surface area is 79.0 Å². The lowest BCUT2D eigenvalue weighted by molar-refractivity contribution is 0.120. The average Bonchev–Trinajstić information content (AvgIpc) is 2.00. The van der Waals surface area contributed by atoms with Crippen LogP contribution in [0.5, 0.6) is 0 Å². The molecule has 0 aliphatic carbocycles. The number of hydrogen-bond acceptors (Lipinski definition) is 3. The number of aliphatic hydroxyl groups excluding tert-OH is 2. The van der Waals surface area contributed by atoms with Crippen molar-refractivity contribution >= 4 is 0 Å². The van der Waals surface area contributed by atoms with Crippen LogP contribution in [0.25, 0.3) is 0 Å². The van der Waals surface area contributed by atoms with Crippen molar-refractivity contribution in [3.05, 3.63) is 24.3 Å². The van der Waals surface area contributed by atoms with Gasteiger partial charge < -0.3 is 15.3 Å². The molecule has 0 saturated heterocycles. The Balaban J connectivity index is 3.90. The minimum Gasteiger partial charge on any atom is -0.393 e. The van der Waals surface area contributed by atoms with Gasteiger partial charge in [0.05, 0.1) is 18.3 Å². The Kier molecular flexibility index (Phi) is 4.91. The number of hydrogen-bond donors (Lipinski definition) is 3. The van der Waals surface area contributed by atoms with E-state index in [0.717, 1.165) is 0 Å². The van der Waals surface area contributed by atoms with E-state index in [9.17, 15) is 5.11 Å². The molecule has 0 aromatic carbocycles. The van der Waals surface area contributed by atoms with Gasteiger partial charge in [-0.1, -0.05) is 18.7 Å². The van der Waals surface area contributed by atoms with Crippen molar-refractivity contribution in [3.63, 3.8) is 0 Å². The minimum absolute atomic E-state index is 0.310. The molecule has 1 atom stereocenters. The summed E-state index contributed by atoms with van der Waals surface area (Å²) in [5, 5.41) is 27.0. The van der Waals surface area contributed by atoms with Crippen LogP contribution in [-0.2, 0) is 0 Å². The van der Waals surface area contributed by atoms with Crippen LogP contribution in [0.2, 0.25) is 0 Å². The van der Waals surface area contributed by atoms with Crippen LogP contribution in [0.15, 0.2) is 24.3 Å². The molecular weight excluding hydrogens is 168 g/mol. The van der Waals surface area contributed by atoms with Crippen LogP contribution < -0.4 is 0 Å². The first-order valence-electron chi connectivity index (χ1n) is 4.23. The molecule has 3 nitrogen and oxygen atoms in total. The zero-order chi connectivity index (χ0) is 10.5. The normalized spacial score (nSPS) is 14.8. The van der Waals surface area contributed by atoms with Gasteiger partial charge >= 0.3 is 0 Å². The Hall–Kier alpha value is -0.640. The summed E-state index contributed by atoms with van der Waals surface area (Å²) in [6.45, 7) is 6.61. The highest BCUT2D eigenvalue weighted by Gasteiger charge is 2.07. The fourth-order valence-electron chi connectivity index (χ4n) is 0.764. The third kappa shape index (κ3) is 6.51. The Morgan fingerprint density at radius 3 is 2.46 bits per heavy atom. The van der Waals surface area contributed by atoms with Gasteiger partial charge in [-0.25, -0.2) is 0 Å². The molecule has 0 bridgehead atoms. The van der Waals surface area contributed by atoms with Crippen molar-refractivity contribution in [3.8, 4) is 0 Å². The highest BCUT2D eigenvalue weighted by molar-refractivity contribution is 5.09. The molecule has 76 valence electrons. The second kappa shape index (κ2) is 5.17. The van der Waals surface area contributed by atoms with Crippen molar-refractivity contribution in [1.82, 2.24) is 0 Å². The Morgan fingerprint density at radius 1 is 1.54 bits per heavy atom. The molecule has 0 saturated carbocycles. The largest absolute Gasteiger partial charge is 0.393 e. The van der Waals surface area contributed by atoms with E-state index in [-0.39, 0.29) is 6.61 Å². The van der Waals surface area contributed by atoms with Gasteiger partial charge in [0, 0.05) is 0 Å². The molecule has 0 aliphatic rings. The zero-order valence-electron chi connectivity index (χ0n) is 8.20. The lowest BCUT2D eigenvalue weighted by Crippen LogP contribution is -2.15. The smallest absolute Gasteiger partial charge is 0.0981 e. The highest BCUT2D eigenvalue weighted by atomic mass is 16.3. The van der Waals surface area contributed by atoms with Crippen molar-refractivity contribution in [2.75, 3.05) is 6.61 Å². The SMILES string of the molecule is C=C(C/C=C/C(C)(C)O)C(O)CO. The van der Waals surface area contributed by atoms with Crippen molar-refractivity contribution in [2.45, 2.75) is 32.0 Å². The summed E-state index contributed by atoms with van der Waals surface area (Å²) in [7, 11) is 0. The van der Waals surface area contributed by atoms with Gasteiger partial charge in [-0.2, -0.15) is 0 Å². The quantitative estimate of drug-likeness (QED) is 0.551. The second-order valence-corrected chi connectivity index (χ2v) is 3.62. The summed E-state index contributed by atoms with van der Waals surface area (Å²) >= 11 is 0. The summed E-state index contributed by atoms with van der Waals surface area (Å²) in [6, 6.07) is 0.